The van der Waals surface area contributed by atoms with E-state index in [1.807, 2.05) is 6.07 Å². The Morgan fingerprint density at radius 3 is 1.95 bits per heavy atom. The van der Waals surface area contributed by atoms with Gasteiger partial charge in [-0.05, 0) is 57.2 Å². The van der Waals surface area contributed by atoms with Gasteiger partial charge in [0.1, 0.15) is 5.75 Å². The van der Waals surface area contributed by atoms with Gasteiger partial charge in [-0.15, -0.1) is 0 Å². The Labute approximate surface area is 138 Å². The van der Waals surface area contributed by atoms with Gasteiger partial charge in [-0.2, -0.15) is 0 Å². The van der Waals surface area contributed by atoms with Gasteiger partial charge in [-0.1, -0.05) is 53.1 Å². The minimum Gasteiger partial charge on any atom is -0.543 e. The van der Waals surface area contributed by atoms with E-state index in [9.17, 15) is 0 Å². The van der Waals surface area contributed by atoms with Crippen molar-refractivity contribution in [1.29, 1.82) is 0 Å². The summed E-state index contributed by atoms with van der Waals surface area (Å²) in [5.74, 6) is 0.856. The smallest absolute Gasteiger partial charge is 0.250 e. The molecule has 114 valence electrons. The summed E-state index contributed by atoms with van der Waals surface area (Å²) in [5.41, 5.74) is 1.16. The molecule has 0 aliphatic heterocycles. The van der Waals surface area contributed by atoms with Gasteiger partial charge in [0.05, 0.1) is 4.47 Å². The average molecular weight is 378 g/mol. The molecule has 0 spiro atoms. The van der Waals surface area contributed by atoms with E-state index in [2.05, 4.69) is 76.6 Å². The number of hydrogen-bond acceptors (Lipinski definition) is 1. The SMILES string of the molecule is CC(C)(C)c1cc(Br)c(O[Si](C)(C)C(C)(C)C)cc1Cl. The number of halogens is 2. The fourth-order valence-electron chi connectivity index (χ4n) is 1.61. The molecule has 0 radical (unpaired) electrons. The van der Waals surface area contributed by atoms with Gasteiger partial charge >= 0.3 is 0 Å². The molecule has 4 heteroatoms. The first-order valence-corrected chi connectivity index (χ1v) is 11.0. The summed E-state index contributed by atoms with van der Waals surface area (Å²) >= 11 is 10.1. The van der Waals surface area contributed by atoms with Gasteiger partial charge < -0.3 is 4.43 Å². The summed E-state index contributed by atoms with van der Waals surface area (Å²) in [4.78, 5) is 0. The molecule has 1 aromatic carbocycles. The second kappa shape index (κ2) is 5.66. The van der Waals surface area contributed by atoms with Crippen LogP contribution < -0.4 is 4.43 Å². The van der Waals surface area contributed by atoms with Crippen molar-refractivity contribution < 1.29 is 4.43 Å². The quantitative estimate of drug-likeness (QED) is 0.516. The Morgan fingerprint density at radius 1 is 1.05 bits per heavy atom. The molecule has 0 aromatic heterocycles. The van der Waals surface area contributed by atoms with E-state index in [1.165, 1.54) is 0 Å². The summed E-state index contributed by atoms with van der Waals surface area (Å²) in [7, 11) is -1.85. The topological polar surface area (TPSA) is 9.23 Å². The van der Waals surface area contributed by atoms with Crippen LogP contribution in [0, 0.1) is 0 Å². The van der Waals surface area contributed by atoms with Gasteiger partial charge in [-0.25, -0.2) is 0 Å². The highest BCUT2D eigenvalue weighted by molar-refractivity contribution is 9.10. The van der Waals surface area contributed by atoms with E-state index in [-0.39, 0.29) is 10.5 Å². The largest absolute Gasteiger partial charge is 0.543 e. The van der Waals surface area contributed by atoms with Crippen molar-refractivity contribution in [3.05, 3.63) is 27.2 Å². The molecule has 0 aliphatic rings. The van der Waals surface area contributed by atoms with Gasteiger partial charge in [0, 0.05) is 5.02 Å². The number of hydrogen-bond donors (Lipinski definition) is 0. The summed E-state index contributed by atoms with van der Waals surface area (Å²) in [6.07, 6.45) is 0. The first-order valence-electron chi connectivity index (χ1n) is 6.94. The van der Waals surface area contributed by atoms with Crippen LogP contribution in [0.15, 0.2) is 16.6 Å². The van der Waals surface area contributed by atoms with Crippen LogP contribution in [0.1, 0.15) is 47.1 Å². The van der Waals surface area contributed by atoms with Crippen molar-refractivity contribution in [3.8, 4) is 5.75 Å². The van der Waals surface area contributed by atoms with Crippen molar-refractivity contribution in [2.45, 2.75) is 65.1 Å². The Bertz CT molecular complexity index is 498. The molecule has 0 atom stereocenters. The normalized spacial score (nSPS) is 13.5. The lowest BCUT2D eigenvalue weighted by Crippen LogP contribution is -2.44. The standard InChI is InChI=1S/C16H26BrClOSi/c1-15(2,3)11-9-12(17)14(10-13(11)18)19-20(7,8)16(4,5)6/h9-10H,1-8H3. The predicted molar refractivity (Wildman–Crippen MR) is 95.7 cm³/mol. The minimum absolute atomic E-state index is 0.0229. The van der Waals surface area contributed by atoms with Crippen LogP contribution >= 0.6 is 27.5 Å². The molecule has 0 bridgehead atoms. The molecule has 0 heterocycles. The van der Waals surface area contributed by atoms with Crippen LogP contribution in [0.4, 0.5) is 0 Å². The highest BCUT2D eigenvalue weighted by Crippen LogP contribution is 2.42. The van der Waals surface area contributed by atoms with Crippen molar-refractivity contribution in [2.24, 2.45) is 0 Å². The molecule has 1 nitrogen and oxygen atoms in total. The fourth-order valence-corrected chi connectivity index (χ4v) is 3.65. The maximum Gasteiger partial charge on any atom is 0.250 e. The third kappa shape index (κ3) is 4.02. The summed E-state index contributed by atoms with van der Waals surface area (Å²) < 4.78 is 7.34. The Hall–Kier alpha value is 0.00688. The van der Waals surface area contributed by atoms with Gasteiger partial charge in [-0.3, -0.25) is 0 Å². The summed E-state index contributed by atoms with van der Waals surface area (Å²) in [5, 5.41) is 0.941. The Kier molecular flexibility index (Phi) is 5.11. The molecule has 0 saturated heterocycles. The first-order chi connectivity index (χ1) is 8.75. The van der Waals surface area contributed by atoms with Crippen molar-refractivity contribution in [3.63, 3.8) is 0 Å². The van der Waals surface area contributed by atoms with E-state index in [0.717, 1.165) is 20.8 Å². The first kappa shape index (κ1) is 18.1. The molecule has 0 saturated carbocycles. The molecule has 1 rings (SSSR count). The average Bonchev–Trinajstić information content (AvgIpc) is 2.19. The van der Waals surface area contributed by atoms with E-state index < -0.39 is 8.32 Å². The molecule has 20 heavy (non-hydrogen) atoms. The van der Waals surface area contributed by atoms with Crippen LogP contribution in [0.2, 0.25) is 23.2 Å². The molecular weight excluding hydrogens is 352 g/mol. The Morgan fingerprint density at radius 2 is 1.55 bits per heavy atom. The van der Waals surface area contributed by atoms with Gasteiger partial charge in [0.15, 0.2) is 0 Å². The number of benzene rings is 1. The monoisotopic (exact) mass is 376 g/mol. The van der Waals surface area contributed by atoms with E-state index in [0.29, 0.717) is 0 Å². The van der Waals surface area contributed by atoms with Crippen molar-refractivity contribution in [2.75, 3.05) is 0 Å². The Balaban J connectivity index is 3.21. The zero-order chi connectivity index (χ0) is 15.9. The molecule has 0 unspecified atom stereocenters. The van der Waals surface area contributed by atoms with Crippen LogP contribution in [0.3, 0.4) is 0 Å². The maximum absolute atomic E-state index is 6.44. The lowest BCUT2D eigenvalue weighted by atomic mass is 9.87. The highest BCUT2D eigenvalue weighted by Gasteiger charge is 2.39. The van der Waals surface area contributed by atoms with Crippen LogP contribution in [-0.2, 0) is 5.41 Å². The second-order valence-corrected chi connectivity index (χ2v) is 13.9. The minimum atomic E-state index is -1.85. The predicted octanol–water partition coefficient (Wildman–Crippen LogP) is 6.78. The van der Waals surface area contributed by atoms with E-state index in [1.54, 1.807) is 0 Å². The van der Waals surface area contributed by atoms with Gasteiger partial charge in [0.25, 0.3) is 8.32 Å². The van der Waals surface area contributed by atoms with E-state index in [4.69, 9.17) is 16.0 Å². The van der Waals surface area contributed by atoms with Crippen LogP contribution in [-0.4, -0.2) is 8.32 Å². The zero-order valence-electron chi connectivity index (χ0n) is 13.8. The van der Waals surface area contributed by atoms with Gasteiger partial charge in [0.2, 0.25) is 0 Å². The molecule has 0 N–H and O–H groups in total. The molecule has 0 aliphatic carbocycles. The maximum atomic E-state index is 6.44. The fraction of sp³-hybridized carbons (Fsp3) is 0.625. The molecule has 1 aromatic rings. The van der Waals surface area contributed by atoms with E-state index >= 15 is 0 Å². The molecule has 0 amide bonds. The van der Waals surface area contributed by atoms with Crippen molar-refractivity contribution >= 4 is 35.8 Å². The van der Waals surface area contributed by atoms with Crippen LogP contribution in [0.5, 0.6) is 5.75 Å². The third-order valence-corrected chi connectivity index (χ3v) is 9.28. The molecular formula is C16H26BrClOSi. The van der Waals surface area contributed by atoms with Crippen molar-refractivity contribution in [1.82, 2.24) is 0 Å². The third-order valence-electron chi connectivity index (χ3n) is 4.00. The lowest BCUT2D eigenvalue weighted by Gasteiger charge is -2.37. The molecule has 0 fully saturated rings. The second-order valence-electron chi connectivity index (χ2n) is 7.87. The summed E-state index contributed by atoms with van der Waals surface area (Å²) in [6, 6.07) is 4.04. The zero-order valence-corrected chi connectivity index (χ0v) is 17.2. The van der Waals surface area contributed by atoms with Crippen LogP contribution in [0.25, 0.3) is 0 Å². The highest BCUT2D eigenvalue weighted by atomic mass is 79.9. The summed E-state index contributed by atoms with van der Waals surface area (Å²) in [6.45, 7) is 17.7. The lowest BCUT2D eigenvalue weighted by molar-refractivity contribution is 0.488. The number of rotatable bonds is 2.